The Bertz CT molecular complexity index is 1280. The van der Waals surface area contributed by atoms with Gasteiger partial charge in [0, 0.05) is 18.8 Å². The van der Waals surface area contributed by atoms with Crippen LogP contribution in [0.25, 0.3) is 16.7 Å². The van der Waals surface area contributed by atoms with Crippen LogP contribution in [-0.4, -0.2) is 37.4 Å². The molecular weight excluding hydrogens is 398 g/mol. The lowest BCUT2D eigenvalue weighted by Gasteiger charge is -2.20. The van der Waals surface area contributed by atoms with Crippen molar-refractivity contribution in [2.24, 2.45) is 0 Å². The number of hydrogen-bond acceptors (Lipinski definition) is 5. The van der Waals surface area contributed by atoms with E-state index in [0.29, 0.717) is 34.9 Å². The third-order valence-corrected chi connectivity index (χ3v) is 5.71. The van der Waals surface area contributed by atoms with Crippen LogP contribution in [-0.2, 0) is 11.3 Å². The highest BCUT2D eigenvalue weighted by atomic mass is 32.2. The minimum atomic E-state index is -0.140. The number of aromatic nitrogens is 4. The lowest BCUT2D eigenvalue weighted by Crippen LogP contribution is -2.32. The second kappa shape index (κ2) is 8.54. The smallest absolute Gasteiger partial charge is 0.263 e. The summed E-state index contributed by atoms with van der Waals surface area (Å²) in [6, 6.07) is 16.9. The van der Waals surface area contributed by atoms with Gasteiger partial charge < -0.3 is 4.90 Å². The number of fused-ring (bicyclic) bond motifs is 3. The first kappa shape index (κ1) is 19.9. The summed E-state index contributed by atoms with van der Waals surface area (Å²) in [6.07, 6.45) is 1.65. The number of benzene rings is 2. The Morgan fingerprint density at radius 2 is 1.87 bits per heavy atom. The number of nitrogens with zero attached hydrogens (tertiary/aromatic N) is 5. The van der Waals surface area contributed by atoms with E-state index >= 15 is 0 Å². The van der Waals surface area contributed by atoms with Gasteiger partial charge in [0.2, 0.25) is 11.7 Å². The molecule has 0 aliphatic rings. The van der Waals surface area contributed by atoms with Crippen molar-refractivity contribution in [2.75, 3.05) is 17.2 Å². The van der Waals surface area contributed by atoms with Crippen LogP contribution < -0.4 is 10.5 Å². The molecule has 0 fully saturated rings. The normalized spacial score (nSPS) is 11.1. The van der Waals surface area contributed by atoms with Gasteiger partial charge in [0.1, 0.15) is 0 Å². The van der Waals surface area contributed by atoms with E-state index in [1.54, 1.807) is 17.0 Å². The van der Waals surface area contributed by atoms with Crippen LogP contribution in [0.3, 0.4) is 0 Å². The van der Waals surface area contributed by atoms with Gasteiger partial charge >= 0.3 is 0 Å². The maximum Gasteiger partial charge on any atom is 0.263 e. The molecule has 0 saturated heterocycles. The topological polar surface area (TPSA) is 72.5 Å². The molecule has 0 unspecified atom stereocenters. The van der Waals surface area contributed by atoms with E-state index in [2.05, 4.69) is 16.8 Å². The van der Waals surface area contributed by atoms with Crippen LogP contribution in [0.2, 0.25) is 0 Å². The Labute approximate surface area is 177 Å². The molecule has 0 bridgehead atoms. The summed E-state index contributed by atoms with van der Waals surface area (Å²) in [7, 11) is 0. The largest absolute Gasteiger partial charge is 0.312 e. The Kier molecular flexibility index (Phi) is 5.67. The second-order valence-electron chi connectivity index (χ2n) is 6.60. The van der Waals surface area contributed by atoms with Crippen molar-refractivity contribution in [2.45, 2.75) is 18.6 Å². The summed E-state index contributed by atoms with van der Waals surface area (Å²) in [5.74, 6) is 0.622. The summed E-state index contributed by atoms with van der Waals surface area (Å²) < 4.78 is 3.37. The molecule has 7 nitrogen and oxygen atoms in total. The van der Waals surface area contributed by atoms with E-state index in [1.165, 1.54) is 16.3 Å². The highest BCUT2D eigenvalue weighted by Crippen LogP contribution is 2.23. The van der Waals surface area contributed by atoms with Gasteiger partial charge in [-0.05, 0) is 31.2 Å². The van der Waals surface area contributed by atoms with E-state index in [-0.39, 0.29) is 17.2 Å². The van der Waals surface area contributed by atoms with Crippen LogP contribution in [0.1, 0.15) is 6.92 Å². The SMILES string of the molecule is C=CCn1c(=O)c2ccccc2n2c(SCC(=O)N(CC)c3ccccc3)nnc12. The Morgan fingerprint density at radius 3 is 2.60 bits per heavy atom. The summed E-state index contributed by atoms with van der Waals surface area (Å²) in [6.45, 7) is 6.58. The molecule has 0 saturated carbocycles. The van der Waals surface area contributed by atoms with Crippen LogP contribution in [0.15, 0.2) is 77.2 Å². The standard InChI is InChI=1S/C22H21N5O2S/c1-3-14-26-20(29)17-12-8-9-13-18(17)27-21(26)23-24-22(27)30-15-19(28)25(4-2)16-10-6-5-7-11-16/h3,5-13H,1,4,14-15H2,2H3. The maximum atomic E-state index is 12.9. The van der Waals surface area contributed by atoms with E-state index in [1.807, 2.05) is 59.9 Å². The van der Waals surface area contributed by atoms with Crippen molar-refractivity contribution < 1.29 is 4.79 Å². The molecule has 0 aliphatic carbocycles. The molecule has 30 heavy (non-hydrogen) atoms. The first-order chi connectivity index (χ1) is 14.7. The molecule has 0 N–H and O–H groups in total. The second-order valence-corrected chi connectivity index (χ2v) is 7.54. The zero-order valence-electron chi connectivity index (χ0n) is 16.6. The third-order valence-electron chi connectivity index (χ3n) is 4.80. The lowest BCUT2D eigenvalue weighted by atomic mass is 10.2. The van der Waals surface area contributed by atoms with E-state index in [4.69, 9.17) is 0 Å². The fourth-order valence-corrected chi connectivity index (χ4v) is 4.25. The summed E-state index contributed by atoms with van der Waals surface area (Å²) in [5.41, 5.74) is 1.44. The molecule has 2 aromatic carbocycles. The predicted molar refractivity (Wildman–Crippen MR) is 120 cm³/mol. The van der Waals surface area contributed by atoms with Crippen LogP contribution in [0, 0.1) is 0 Å². The molecule has 0 atom stereocenters. The number of thioether (sulfide) groups is 1. The molecule has 0 radical (unpaired) electrons. The van der Waals surface area contributed by atoms with Gasteiger partial charge in [0.05, 0.1) is 16.7 Å². The third kappa shape index (κ3) is 3.50. The molecule has 152 valence electrons. The van der Waals surface area contributed by atoms with Crippen LogP contribution in [0.4, 0.5) is 5.69 Å². The van der Waals surface area contributed by atoms with Crippen molar-refractivity contribution in [3.05, 3.63) is 77.6 Å². The average molecular weight is 420 g/mol. The van der Waals surface area contributed by atoms with Gasteiger partial charge in [-0.25, -0.2) is 0 Å². The molecule has 8 heteroatoms. The van der Waals surface area contributed by atoms with Crippen molar-refractivity contribution in [1.29, 1.82) is 0 Å². The van der Waals surface area contributed by atoms with Crippen molar-refractivity contribution in [3.8, 4) is 0 Å². The molecule has 4 aromatic rings. The Hall–Kier alpha value is -3.39. The average Bonchev–Trinajstić information content (AvgIpc) is 3.20. The van der Waals surface area contributed by atoms with E-state index < -0.39 is 0 Å². The monoisotopic (exact) mass is 419 g/mol. The summed E-state index contributed by atoms with van der Waals surface area (Å²) in [5, 5.41) is 9.64. The molecule has 4 rings (SSSR count). The number of para-hydroxylation sites is 2. The van der Waals surface area contributed by atoms with Crippen LogP contribution >= 0.6 is 11.8 Å². The fraction of sp³-hybridized carbons (Fsp3) is 0.182. The minimum Gasteiger partial charge on any atom is -0.312 e. The number of carbonyl (C=O) groups excluding carboxylic acids is 1. The summed E-state index contributed by atoms with van der Waals surface area (Å²) in [4.78, 5) is 27.5. The first-order valence-corrected chi connectivity index (χ1v) is 10.6. The summed E-state index contributed by atoms with van der Waals surface area (Å²) >= 11 is 1.31. The van der Waals surface area contributed by atoms with Gasteiger partial charge in [0.25, 0.3) is 5.56 Å². The highest BCUT2D eigenvalue weighted by Gasteiger charge is 2.19. The predicted octanol–water partition coefficient (Wildman–Crippen LogP) is 3.38. The highest BCUT2D eigenvalue weighted by molar-refractivity contribution is 7.99. The Morgan fingerprint density at radius 1 is 1.13 bits per heavy atom. The van der Waals surface area contributed by atoms with Crippen molar-refractivity contribution in [3.63, 3.8) is 0 Å². The molecule has 0 spiro atoms. The first-order valence-electron chi connectivity index (χ1n) is 9.61. The van der Waals surface area contributed by atoms with Gasteiger partial charge in [0.15, 0.2) is 5.16 Å². The van der Waals surface area contributed by atoms with E-state index in [0.717, 1.165) is 5.69 Å². The number of allylic oxidation sites excluding steroid dienone is 1. The lowest BCUT2D eigenvalue weighted by molar-refractivity contribution is -0.116. The molecule has 2 heterocycles. The number of carbonyl (C=O) groups is 1. The van der Waals surface area contributed by atoms with Crippen LogP contribution in [0.5, 0.6) is 0 Å². The van der Waals surface area contributed by atoms with E-state index in [9.17, 15) is 9.59 Å². The molecular formula is C22H21N5O2S. The molecule has 1 amide bonds. The van der Waals surface area contributed by atoms with Gasteiger partial charge in [-0.3, -0.25) is 18.6 Å². The number of hydrogen-bond donors (Lipinski definition) is 0. The van der Waals surface area contributed by atoms with Gasteiger partial charge in [-0.2, -0.15) is 0 Å². The minimum absolute atomic E-state index is 0.0193. The maximum absolute atomic E-state index is 12.9. The number of amides is 1. The molecule has 0 aliphatic heterocycles. The number of rotatable bonds is 7. The van der Waals surface area contributed by atoms with Crippen molar-refractivity contribution >= 4 is 40.0 Å². The fourth-order valence-electron chi connectivity index (χ4n) is 3.44. The van der Waals surface area contributed by atoms with Crippen molar-refractivity contribution in [1.82, 2.24) is 19.2 Å². The Balaban J connectivity index is 1.71. The quantitative estimate of drug-likeness (QED) is 0.339. The zero-order chi connectivity index (χ0) is 21.1. The van der Waals surface area contributed by atoms with Gasteiger partial charge in [-0.1, -0.05) is 48.2 Å². The molecule has 2 aromatic heterocycles. The van der Waals surface area contributed by atoms with Gasteiger partial charge in [-0.15, -0.1) is 16.8 Å². The zero-order valence-corrected chi connectivity index (χ0v) is 17.4. The number of anilines is 1.